The maximum absolute atomic E-state index is 12.3. The van der Waals surface area contributed by atoms with Crippen molar-refractivity contribution in [2.45, 2.75) is 6.54 Å². The number of hydrogen-bond acceptors (Lipinski definition) is 3. The maximum Gasteiger partial charge on any atom is 0.278 e. The summed E-state index contributed by atoms with van der Waals surface area (Å²) in [7, 11) is 1.66. The van der Waals surface area contributed by atoms with Gasteiger partial charge in [-0.25, -0.2) is 0 Å². The summed E-state index contributed by atoms with van der Waals surface area (Å²) < 4.78 is 2.97. The van der Waals surface area contributed by atoms with Crippen molar-refractivity contribution in [1.29, 1.82) is 0 Å². The molecule has 2 heterocycles. The van der Waals surface area contributed by atoms with Crippen LogP contribution >= 0.6 is 46.4 Å². The molecule has 0 unspecified atom stereocenters. The molecule has 1 aromatic carbocycles. The van der Waals surface area contributed by atoms with Gasteiger partial charge < -0.3 is 5.32 Å². The van der Waals surface area contributed by atoms with Crippen molar-refractivity contribution in [2.24, 2.45) is 7.05 Å². The molecule has 25 heavy (non-hydrogen) atoms. The van der Waals surface area contributed by atoms with E-state index in [0.29, 0.717) is 22.2 Å². The van der Waals surface area contributed by atoms with Crippen molar-refractivity contribution < 1.29 is 4.79 Å². The third-order valence-electron chi connectivity index (χ3n) is 3.33. The zero-order valence-corrected chi connectivity index (χ0v) is 15.8. The fourth-order valence-electron chi connectivity index (χ4n) is 2.19. The summed E-state index contributed by atoms with van der Waals surface area (Å²) in [5, 5.41) is 12.4. The molecule has 0 radical (unpaired) electrons. The second kappa shape index (κ2) is 7.25. The van der Waals surface area contributed by atoms with E-state index in [1.165, 1.54) is 15.6 Å². The number of amides is 1. The number of aromatic nitrogens is 4. The monoisotopic (exact) mass is 417 g/mol. The van der Waals surface area contributed by atoms with Crippen LogP contribution in [-0.2, 0) is 13.6 Å². The Kier molecular flexibility index (Phi) is 5.24. The average molecular weight is 419 g/mol. The van der Waals surface area contributed by atoms with Crippen molar-refractivity contribution in [2.75, 3.05) is 5.32 Å². The van der Waals surface area contributed by atoms with Gasteiger partial charge in [0.15, 0.2) is 11.5 Å². The van der Waals surface area contributed by atoms with Crippen LogP contribution in [-0.4, -0.2) is 25.5 Å². The standard InChI is InChI=1S/C15H11Cl4N5O/c1-23-6-11(18)13(21-23)15(25)20-14-12(19)7-24(22-14)5-8-9(16)3-2-4-10(8)17/h2-4,6-7H,5H2,1H3,(H,20,22,25). The third kappa shape index (κ3) is 3.93. The Bertz CT molecular complexity index is 929. The van der Waals surface area contributed by atoms with Gasteiger partial charge in [0, 0.05) is 35.1 Å². The molecule has 0 aliphatic heterocycles. The first kappa shape index (κ1) is 18.1. The van der Waals surface area contributed by atoms with Gasteiger partial charge >= 0.3 is 0 Å². The minimum Gasteiger partial charge on any atom is -0.302 e. The number of carbonyl (C=O) groups is 1. The molecule has 0 bridgehead atoms. The fourth-order valence-corrected chi connectivity index (χ4v) is 3.17. The zero-order chi connectivity index (χ0) is 18.1. The normalized spacial score (nSPS) is 10.9. The average Bonchev–Trinajstić information content (AvgIpc) is 3.05. The number of hydrogen-bond donors (Lipinski definition) is 1. The molecule has 130 valence electrons. The number of carbonyl (C=O) groups excluding carboxylic acids is 1. The van der Waals surface area contributed by atoms with Crippen LogP contribution in [0.5, 0.6) is 0 Å². The Morgan fingerprint density at radius 1 is 1.04 bits per heavy atom. The smallest absolute Gasteiger partial charge is 0.278 e. The van der Waals surface area contributed by atoms with Gasteiger partial charge in [-0.15, -0.1) is 0 Å². The first-order valence-corrected chi connectivity index (χ1v) is 8.52. The third-order valence-corrected chi connectivity index (χ3v) is 4.59. The van der Waals surface area contributed by atoms with E-state index in [-0.39, 0.29) is 21.6 Å². The summed E-state index contributed by atoms with van der Waals surface area (Å²) in [6, 6.07) is 5.23. The Balaban J connectivity index is 1.81. The predicted octanol–water partition coefficient (Wildman–Crippen LogP) is 4.53. The number of benzene rings is 1. The molecule has 6 nitrogen and oxygen atoms in total. The van der Waals surface area contributed by atoms with Gasteiger partial charge in [-0.1, -0.05) is 52.5 Å². The highest BCUT2D eigenvalue weighted by Crippen LogP contribution is 2.27. The molecule has 0 fully saturated rings. The predicted molar refractivity (Wildman–Crippen MR) is 99.0 cm³/mol. The molecule has 0 atom stereocenters. The topological polar surface area (TPSA) is 64.7 Å². The molecule has 0 aliphatic rings. The van der Waals surface area contributed by atoms with E-state index < -0.39 is 5.91 Å². The quantitative estimate of drug-likeness (QED) is 0.676. The summed E-state index contributed by atoms with van der Waals surface area (Å²) in [5.74, 6) is -0.315. The lowest BCUT2D eigenvalue weighted by atomic mass is 10.2. The van der Waals surface area contributed by atoms with E-state index in [1.54, 1.807) is 31.4 Å². The molecule has 1 amide bonds. The van der Waals surface area contributed by atoms with Gasteiger partial charge in [0.1, 0.15) is 5.02 Å². The van der Waals surface area contributed by atoms with Crippen molar-refractivity contribution in [3.8, 4) is 0 Å². The number of aryl methyl sites for hydroxylation is 1. The van der Waals surface area contributed by atoms with E-state index >= 15 is 0 Å². The lowest BCUT2D eigenvalue weighted by Gasteiger charge is -2.06. The Labute approximate surface area is 163 Å². The highest BCUT2D eigenvalue weighted by Gasteiger charge is 2.18. The summed E-state index contributed by atoms with van der Waals surface area (Å²) in [4.78, 5) is 12.3. The lowest BCUT2D eigenvalue weighted by Crippen LogP contribution is -2.14. The number of rotatable bonds is 4. The SMILES string of the molecule is Cn1cc(Cl)c(C(=O)Nc2nn(Cc3c(Cl)cccc3Cl)cc2Cl)n1. The largest absolute Gasteiger partial charge is 0.302 e. The maximum atomic E-state index is 12.3. The molecule has 2 aromatic heterocycles. The summed E-state index contributed by atoms with van der Waals surface area (Å²) in [6.07, 6.45) is 3.09. The molecular formula is C15H11Cl4N5O. The Hall–Kier alpha value is -1.73. The summed E-state index contributed by atoms with van der Waals surface area (Å²) in [5.41, 5.74) is 0.791. The minimum atomic E-state index is -0.506. The van der Waals surface area contributed by atoms with Gasteiger partial charge in [0.05, 0.1) is 11.6 Å². The molecule has 3 rings (SSSR count). The van der Waals surface area contributed by atoms with Gasteiger partial charge in [0.25, 0.3) is 5.91 Å². The van der Waals surface area contributed by atoms with Gasteiger partial charge in [-0.2, -0.15) is 10.2 Å². The highest BCUT2D eigenvalue weighted by molar-refractivity contribution is 6.36. The van der Waals surface area contributed by atoms with Crippen LogP contribution in [0, 0.1) is 0 Å². The van der Waals surface area contributed by atoms with E-state index in [0.717, 1.165) is 0 Å². The van der Waals surface area contributed by atoms with Crippen molar-refractivity contribution >= 4 is 58.1 Å². The molecule has 3 aromatic rings. The second-order valence-corrected chi connectivity index (χ2v) is 6.81. The molecule has 0 aliphatic carbocycles. The fraction of sp³-hybridized carbons (Fsp3) is 0.133. The lowest BCUT2D eigenvalue weighted by molar-refractivity contribution is 0.102. The van der Waals surface area contributed by atoms with Gasteiger partial charge in [-0.05, 0) is 12.1 Å². The number of nitrogens with one attached hydrogen (secondary N) is 1. The molecule has 0 spiro atoms. The first-order valence-electron chi connectivity index (χ1n) is 7.01. The van der Waals surface area contributed by atoms with Crippen LogP contribution in [0.4, 0.5) is 5.82 Å². The van der Waals surface area contributed by atoms with E-state index in [9.17, 15) is 4.79 Å². The second-order valence-electron chi connectivity index (χ2n) is 5.18. The zero-order valence-electron chi connectivity index (χ0n) is 12.8. The number of anilines is 1. The Morgan fingerprint density at radius 2 is 1.72 bits per heavy atom. The van der Waals surface area contributed by atoms with E-state index in [1.807, 2.05) is 0 Å². The molecule has 10 heteroatoms. The summed E-state index contributed by atoms with van der Waals surface area (Å²) in [6.45, 7) is 0.304. The Morgan fingerprint density at radius 3 is 2.32 bits per heavy atom. The van der Waals surface area contributed by atoms with E-state index in [4.69, 9.17) is 46.4 Å². The van der Waals surface area contributed by atoms with Crippen LogP contribution < -0.4 is 5.32 Å². The first-order chi connectivity index (χ1) is 11.8. The number of nitrogens with zero attached hydrogens (tertiary/aromatic N) is 4. The van der Waals surface area contributed by atoms with Crippen LogP contribution in [0.3, 0.4) is 0 Å². The highest BCUT2D eigenvalue weighted by atomic mass is 35.5. The number of halogens is 4. The summed E-state index contributed by atoms with van der Waals surface area (Å²) >= 11 is 24.4. The molecule has 0 saturated heterocycles. The van der Waals surface area contributed by atoms with Crippen LogP contribution in [0.2, 0.25) is 20.1 Å². The van der Waals surface area contributed by atoms with Crippen molar-refractivity contribution in [1.82, 2.24) is 19.6 Å². The molecule has 0 saturated carbocycles. The van der Waals surface area contributed by atoms with Gasteiger partial charge in [0.2, 0.25) is 0 Å². The van der Waals surface area contributed by atoms with E-state index in [2.05, 4.69) is 15.5 Å². The van der Waals surface area contributed by atoms with Crippen LogP contribution in [0.25, 0.3) is 0 Å². The van der Waals surface area contributed by atoms with Crippen LogP contribution in [0.15, 0.2) is 30.6 Å². The molecular weight excluding hydrogens is 408 g/mol. The minimum absolute atomic E-state index is 0.0870. The van der Waals surface area contributed by atoms with Crippen LogP contribution in [0.1, 0.15) is 16.1 Å². The van der Waals surface area contributed by atoms with Gasteiger partial charge in [-0.3, -0.25) is 14.2 Å². The van der Waals surface area contributed by atoms with Crippen molar-refractivity contribution in [3.05, 3.63) is 61.9 Å². The van der Waals surface area contributed by atoms with Crippen molar-refractivity contribution in [3.63, 3.8) is 0 Å². The molecule has 1 N–H and O–H groups in total.